The summed E-state index contributed by atoms with van der Waals surface area (Å²) in [5.74, 6) is -0.0627. The van der Waals surface area contributed by atoms with Gasteiger partial charge in [-0.2, -0.15) is 0 Å². The molecule has 2 aromatic rings. The standard InChI is InChI=1S/C21H27F2NO2/c1-15(2)11-24(12-17-8-9-18(22)10-20(17)23)13-19(25)14-26-21-7-5-4-6-16(21)3/h4-10,15,19,25H,11-14H2,1-3H3/t19-/m0/s1. The van der Waals surface area contributed by atoms with Crippen molar-refractivity contribution >= 4 is 0 Å². The van der Waals surface area contributed by atoms with E-state index < -0.39 is 17.7 Å². The average Bonchev–Trinajstić information content (AvgIpc) is 2.56. The Morgan fingerprint density at radius 1 is 1.08 bits per heavy atom. The Labute approximate surface area is 154 Å². The van der Waals surface area contributed by atoms with Crippen LogP contribution in [0.2, 0.25) is 0 Å². The van der Waals surface area contributed by atoms with Crippen LogP contribution in [0.1, 0.15) is 25.0 Å². The molecule has 0 aliphatic heterocycles. The summed E-state index contributed by atoms with van der Waals surface area (Å²) < 4.78 is 32.7. The lowest BCUT2D eigenvalue weighted by Gasteiger charge is -2.27. The highest BCUT2D eigenvalue weighted by Gasteiger charge is 2.16. The largest absolute Gasteiger partial charge is 0.491 e. The first-order valence-corrected chi connectivity index (χ1v) is 8.88. The number of aryl methyl sites for hydroxylation is 1. The molecule has 142 valence electrons. The second kappa shape index (κ2) is 9.64. The number of para-hydroxylation sites is 1. The molecule has 0 aromatic heterocycles. The topological polar surface area (TPSA) is 32.7 Å². The van der Waals surface area contributed by atoms with Gasteiger partial charge >= 0.3 is 0 Å². The molecule has 1 atom stereocenters. The van der Waals surface area contributed by atoms with Gasteiger partial charge in [-0.1, -0.05) is 38.1 Å². The number of hydrogen-bond acceptors (Lipinski definition) is 3. The van der Waals surface area contributed by atoms with Crippen LogP contribution in [0, 0.1) is 24.5 Å². The molecule has 0 aliphatic carbocycles. The van der Waals surface area contributed by atoms with Gasteiger partial charge in [-0.3, -0.25) is 4.90 Å². The highest BCUT2D eigenvalue weighted by Crippen LogP contribution is 2.17. The molecule has 0 heterocycles. The van der Waals surface area contributed by atoms with Crippen molar-refractivity contribution in [1.29, 1.82) is 0 Å². The number of ether oxygens (including phenoxy) is 1. The smallest absolute Gasteiger partial charge is 0.130 e. The Kier molecular flexibility index (Phi) is 7.54. The molecule has 2 rings (SSSR count). The number of rotatable bonds is 9. The van der Waals surface area contributed by atoms with E-state index in [2.05, 4.69) is 13.8 Å². The van der Waals surface area contributed by atoms with Crippen LogP contribution in [0.25, 0.3) is 0 Å². The third-order valence-electron chi connectivity index (χ3n) is 4.03. The monoisotopic (exact) mass is 363 g/mol. The molecule has 0 fully saturated rings. The van der Waals surface area contributed by atoms with E-state index in [9.17, 15) is 13.9 Å². The van der Waals surface area contributed by atoms with Gasteiger partial charge in [0.2, 0.25) is 0 Å². The highest BCUT2D eigenvalue weighted by atomic mass is 19.1. The van der Waals surface area contributed by atoms with Crippen molar-refractivity contribution in [3.05, 3.63) is 65.2 Å². The summed E-state index contributed by atoms with van der Waals surface area (Å²) in [6.07, 6.45) is -0.711. The van der Waals surface area contributed by atoms with Crippen LogP contribution in [0.5, 0.6) is 5.75 Å². The molecule has 0 bridgehead atoms. The summed E-state index contributed by atoms with van der Waals surface area (Å²) in [6.45, 7) is 7.58. The molecule has 0 radical (unpaired) electrons. The predicted octanol–water partition coefficient (Wildman–Crippen LogP) is 4.17. The summed E-state index contributed by atoms with van der Waals surface area (Å²) in [5.41, 5.74) is 1.42. The summed E-state index contributed by atoms with van der Waals surface area (Å²) in [6, 6.07) is 11.2. The lowest BCUT2D eigenvalue weighted by molar-refractivity contribution is 0.0609. The van der Waals surface area contributed by atoms with E-state index in [1.165, 1.54) is 12.1 Å². The van der Waals surface area contributed by atoms with E-state index in [4.69, 9.17) is 4.74 Å². The molecule has 0 saturated carbocycles. The Hall–Kier alpha value is -1.98. The summed E-state index contributed by atoms with van der Waals surface area (Å²) in [4.78, 5) is 1.97. The van der Waals surface area contributed by atoms with Gasteiger partial charge in [0.1, 0.15) is 30.1 Å². The van der Waals surface area contributed by atoms with E-state index >= 15 is 0 Å². The van der Waals surface area contributed by atoms with E-state index in [0.717, 1.165) is 17.4 Å². The maximum Gasteiger partial charge on any atom is 0.130 e. The molecule has 26 heavy (non-hydrogen) atoms. The first kappa shape index (κ1) is 20.3. The zero-order valence-corrected chi connectivity index (χ0v) is 15.6. The summed E-state index contributed by atoms with van der Waals surface area (Å²) >= 11 is 0. The van der Waals surface area contributed by atoms with E-state index in [1.54, 1.807) is 0 Å². The minimum atomic E-state index is -0.711. The van der Waals surface area contributed by atoms with Crippen LogP contribution in [0.4, 0.5) is 8.78 Å². The molecule has 3 nitrogen and oxygen atoms in total. The van der Waals surface area contributed by atoms with Gasteiger partial charge in [0.25, 0.3) is 0 Å². The number of nitrogens with zero attached hydrogens (tertiary/aromatic N) is 1. The SMILES string of the molecule is Cc1ccccc1OC[C@@H](O)CN(Cc1ccc(F)cc1F)CC(C)C. The van der Waals surface area contributed by atoms with Crippen molar-refractivity contribution in [3.8, 4) is 5.75 Å². The molecule has 0 spiro atoms. The van der Waals surface area contributed by atoms with Crippen molar-refractivity contribution in [2.24, 2.45) is 5.92 Å². The molecular formula is C21H27F2NO2. The Morgan fingerprint density at radius 2 is 1.81 bits per heavy atom. The van der Waals surface area contributed by atoms with Gasteiger partial charge in [-0.15, -0.1) is 0 Å². The van der Waals surface area contributed by atoms with Crippen molar-refractivity contribution in [3.63, 3.8) is 0 Å². The number of aliphatic hydroxyl groups is 1. The molecule has 1 N–H and O–H groups in total. The van der Waals surface area contributed by atoms with Crippen molar-refractivity contribution in [2.75, 3.05) is 19.7 Å². The third-order valence-corrected chi connectivity index (χ3v) is 4.03. The lowest BCUT2D eigenvalue weighted by Crippen LogP contribution is -2.37. The van der Waals surface area contributed by atoms with Crippen molar-refractivity contribution in [1.82, 2.24) is 4.90 Å². The van der Waals surface area contributed by atoms with Crippen LogP contribution >= 0.6 is 0 Å². The first-order chi connectivity index (χ1) is 12.3. The third kappa shape index (κ3) is 6.39. The molecular weight excluding hydrogens is 336 g/mol. The van der Waals surface area contributed by atoms with Crippen LogP contribution < -0.4 is 4.74 Å². The molecule has 0 unspecified atom stereocenters. The first-order valence-electron chi connectivity index (χ1n) is 8.88. The predicted molar refractivity (Wildman–Crippen MR) is 99.2 cm³/mol. The Balaban J connectivity index is 1.96. The number of aliphatic hydroxyl groups excluding tert-OH is 1. The molecule has 2 aromatic carbocycles. The Morgan fingerprint density at radius 3 is 2.46 bits per heavy atom. The van der Waals surface area contributed by atoms with Gasteiger partial charge < -0.3 is 9.84 Å². The van der Waals surface area contributed by atoms with Crippen LogP contribution in [-0.2, 0) is 6.54 Å². The van der Waals surface area contributed by atoms with Gasteiger partial charge in [-0.05, 0) is 30.5 Å². The minimum Gasteiger partial charge on any atom is -0.491 e. The normalized spacial score (nSPS) is 12.6. The fourth-order valence-electron chi connectivity index (χ4n) is 2.87. The lowest BCUT2D eigenvalue weighted by atomic mass is 10.1. The van der Waals surface area contributed by atoms with Crippen molar-refractivity contribution < 1.29 is 18.6 Å². The molecule has 0 saturated heterocycles. The van der Waals surface area contributed by atoms with E-state index in [-0.39, 0.29) is 6.61 Å². The maximum absolute atomic E-state index is 13.9. The van der Waals surface area contributed by atoms with E-state index in [1.807, 2.05) is 36.1 Å². The van der Waals surface area contributed by atoms with Crippen LogP contribution in [0.3, 0.4) is 0 Å². The van der Waals surface area contributed by atoms with Gasteiger partial charge in [-0.25, -0.2) is 8.78 Å². The van der Waals surface area contributed by atoms with Gasteiger partial charge in [0.05, 0.1) is 0 Å². The van der Waals surface area contributed by atoms with Gasteiger partial charge in [0.15, 0.2) is 0 Å². The zero-order valence-electron chi connectivity index (χ0n) is 15.6. The number of benzene rings is 2. The maximum atomic E-state index is 13.9. The van der Waals surface area contributed by atoms with E-state index in [0.29, 0.717) is 31.1 Å². The fraction of sp³-hybridized carbons (Fsp3) is 0.429. The van der Waals surface area contributed by atoms with Crippen molar-refractivity contribution in [2.45, 2.75) is 33.4 Å². The molecule has 0 amide bonds. The zero-order chi connectivity index (χ0) is 19.1. The molecule has 0 aliphatic rings. The van der Waals surface area contributed by atoms with Gasteiger partial charge in [0, 0.05) is 31.3 Å². The Bertz CT molecular complexity index is 706. The number of hydrogen-bond donors (Lipinski definition) is 1. The highest BCUT2D eigenvalue weighted by molar-refractivity contribution is 5.31. The number of halogens is 2. The van der Waals surface area contributed by atoms with Crippen LogP contribution in [0.15, 0.2) is 42.5 Å². The summed E-state index contributed by atoms with van der Waals surface area (Å²) in [7, 11) is 0. The quantitative estimate of drug-likeness (QED) is 0.726. The second-order valence-electron chi connectivity index (χ2n) is 7.05. The fourth-order valence-corrected chi connectivity index (χ4v) is 2.87. The summed E-state index contributed by atoms with van der Waals surface area (Å²) in [5, 5.41) is 10.4. The van der Waals surface area contributed by atoms with Crippen LogP contribution in [-0.4, -0.2) is 35.8 Å². The minimum absolute atomic E-state index is 0.158. The second-order valence-corrected chi connectivity index (χ2v) is 7.05. The molecule has 5 heteroatoms. The average molecular weight is 363 g/mol.